The highest BCUT2D eigenvalue weighted by molar-refractivity contribution is 8.01. The van der Waals surface area contributed by atoms with Crippen LogP contribution in [0.2, 0.25) is 0 Å². The Balaban J connectivity index is 1.90. The van der Waals surface area contributed by atoms with Gasteiger partial charge in [0.15, 0.2) is 4.34 Å². The molecule has 9 heteroatoms. The molecule has 0 radical (unpaired) electrons. The molecule has 7 nitrogen and oxygen atoms in total. The number of likely N-dealkylation sites (tertiary alicyclic amines) is 1. The molecular weight excluding hydrogens is 336 g/mol. The first kappa shape index (κ1) is 18.0. The zero-order chi connectivity index (χ0) is 16.7. The number of nitrogens with zero attached hydrogens (tertiary/aromatic N) is 3. The van der Waals surface area contributed by atoms with E-state index in [2.05, 4.69) is 15.5 Å². The molecule has 0 bridgehead atoms. The number of hydrogen-bond acceptors (Lipinski definition) is 8. The van der Waals surface area contributed by atoms with Crippen LogP contribution in [0, 0.1) is 0 Å². The van der Waals surface area contributed by atoms with E-state index in [1.807, 2.05) is 6.92 Å². The lowest BCUT2D eigenvalue weighted by atomic mass is 10.0. The number of amides is 1. The summed E-state index contributed by atoms with van der Waals surface area (Å²) in [7, 11) is 0. The Labute approximate surface area is 144 Å². The zero-order valence-electron chi connectivity index (χ0n) is 13.4. The van der Waals surface area contributed by atoms with Gasteiger partial charge in [-0.25, -0.2) is 4.79 Å². The van der Waals surface area contributed by atoms with E-state index in [1.165, 1.54) is 23.1 Å². The first-order valence-electron chi connectivity index (χ1n) is 7.82. The molecule has 0 spiro atoms. The summed E-state index contributed by atoms with van der Waals surface area (Å²) in [5.74, 6) is -0.0831. The summed E-state index contributed by atoms with van der Waals surface area (Å²) in [5.41, 5.74) is 0. The van der Waals surface area contributed by atoms with Gasteiger partial charge in [-0.05, 0) is 33.1 Å². The van der Waals surface area contributed by atoms with Gasteiger partial charge in [0.2, 0.25) is 11.0 Å². The normalized spacial score (nSPS) is 17.8. The molecule has 128 valence electrons. The summed E-state index contributed by atoms with van der Waals surface area (Å²) in [6, 6.07) is -0.441. The van der Waals surface area contributed by atoms with Crippen molar-refractivity contribution in [3.63, 3.8) is 0 Å². The van der Waals surface area contributed by atoms with Crippen LogP contribution in [-0.2, 0) is 14.3 Å². The quantitative estimate of drug-likeness (QED) is 0.589. The standard InChI is InChI=1S/C14H22N4O3S2/c1-3-15-13-16-17-14(23-13)22-9-11(19)18-8-6-5-7-10(18)12(20)21-4-2/h10H,3-9H2,1-2H3,(H,15,16)/t10-/m0/s1. The lowest BCUT2D eigenvalue weighted by molar-refractivity contribution is -0.155. The fourth-order valence-corrected chi connectivity index (χ4v) is 4.12. The number of carbonyl (C=O) groups is 2. The van der Waals surface area contributed by atoms with Crippen molar-refractivity contribution in [2.24, 2.45) is 0 Å². The highest BCUT2D eigenvalue weighted by atomic mass is 32.2. The van der Waals surface area contributed by atoms with E-state index in [0.29, 0.717) is 19.6 Å². The van der Waals surface area contributed by atoms with Crippen molar-refractivity contribution >= 4 is 40.1 Å². The van der Waals surface area contributed by atoms with Gasteiger partial charge in [0.25, 0.3) is 0 Å². The molecule has 1 amide bonds. The molecule has 1 atom stereocenters. The predicted molar refractivity (Wildman–Crippen MR) is 90.8 cm³/mol. The second kappa shape index (κ2) is 9.07. The number of esters is 1. The van der Waals surface area contributed by atoms with Gasteiger partial charge in [-0.1, -0.05) is 23.1 Å². The summed E-state index contributed by atoms with van der Waals surface area (Å²) in [6.07, 6.45) is 2.55. The van der Waals surface area contributed by atoms with Gasteiger partial charge in [-0.2, -0.15) is 0 Å². The number of piperidine rings is 1. The van der Waals surface area contributed by atoms with Crippen molar-refractivity contribution in [3.05, 3.63) is 0 Å². The van der Waals surface area contributed by atoms with Gasteiger partial charge in [0.05, 0.1) is 12.4 Å². The van der Waals surface area contributed by atoms with Gasteiger partial charge in [-0.3, -0.25) is 4.79 Å². The van der Waals surface area contributed by atoms with Crippen LogP contribution in [0.1, 0.15) is 33.1 Å². The third-order valence-electron chi connectivity index (χ3n) is 3.44. The molecule has 1 saturated heterocycles. The molecule has 0 unspecified atom stereocenters. The predicted octanol–water partition coefficient (Wildman–Crippen LogP) is 2.01. The summed E-state index contributed by atoms with van der Waals surface area (Å²) >= 11 is 2.79. The van der Waals surface area contributed by atoms with Gasteiger partial charge in [0.1, 0.15) is 6.04 Å². The summed E-state index contributed by atoms with van der Waals surface area (Å²) in [5, 5.41) is 11.9. The van der Waals surface area contributed by atoms with Crippen LogP contribution in [0.15, 0.2) is 4.34 Å². The zero-order valence-corrected chi connectivity index (χ0v) is 15.0. The minimum absolute atomic E-state index is 0.0482. The van der Waals surface area contributed by atoms with Crippen molar-refractivity contribution in [1.82, 2.24) is 15.1 Å². The second-order valence-electron chi connectivity index (χ2n) is 5.04. The molecule has 1 N–H and O–H groups in total. The molecule has 1 aromatic heterocycles. The maximum atomic E-state index is 12.5. The van der Waals surface area contributed by atoms with E-state index in [-0.39, 0.29) is 17.6 Å². The van der Waals surface area contributed by atoms with E-state index in [4.69, 9.17) is 4.74 Å². The van der Waals surface area contributed by atoms with E-state index in [9.17, 15) is 9.59 Å². The van der Waals surface area contributed by atoms with Crippen molar-refractivity contribution in [2.75, 3.05) is 30.8 Å². The fraction of sp³-hybridized carbons (Fsp3) is 0.714. The molecule has 0 aromatic carbocycles. The molecule has 1 aliphatic heterocycles. The number of nitrogens with one attached hydrogen (secondary N) is 1. The third-order valence-corrected chi connectivity index (χ3v) is 5.43. The van der Waals surface area contributed by atoms with Gasteiger partial charge < -0.3 is 15.0 Å². The van der Waals surface area contributed by atoms with Crippen molar-refractivity contribution in [1.29, 1.82) is 0 Å². The van der Waals surface area contributed by atoms with Gasteiger partial charge >= 0.3 is 5.97 Å². The first-order valence-corrected chi connectivity index (χ1v) is 9.62. The molecule has 1 fully saturated rings. The Morgan fingerprint density at radius 2 is 2.22 bits per heavy atom. The number of ether oxygens (including phenoxy) is 1. The van der Waals surface area contributed by atoms with E-state index in [1.54, 1.807) is 11.8 Å². The number of anilines is 1. The van der Waals surface area contributed by atoms with E-state index in [0.717, 1.165) is 28.9 Å². The summed E-state index contributed by atoms with van der Waals surface area (Å²) < 4.78 is 5.84. The number of hydrogen-bond donors (Lipinski definition) is 1. The minimum atomic E-state index is -0.441. The lowest BCUT2D eigenvalue weighted by Crippen LogP contribution is -2.49. The smallest absolute Gasteiger partial charge is 0.328 e. The fourth-order valence-electron chi connectivity index (χ4n) is 2.41. The third kappa shape index (κ3) is 5.07. The first-order chi connectivity index (χ1) is 11.2. The van der Waals surface area contributed by atoms with Crippen molar-refractivity contribution < 1.29 is 14.3 Å². The van der Waals surface area contributed by atoms with Crippen LogP contribution < -0.4 is 5.32 Å². The molecule has 1 aliphatic rings. The van der Waals surface area contributed by atoms with Crippen LogP contribution in [0.4, 0.5) is 5.13 Å². The van der Waals surface area contributed by atoms with Crippen LogP contribution in [0.25, 0.3) is 0 Å². The Kier molecular flexibility index (Phi) is 7.10. The van der Waals surface area contributed by atoms with Gasteiger partial charge in [-0.15, -0.1) is 10.2 Å². The van der Waals surface area contributed by atoms with Crippen LogP contribution in [0.5, 0.6) is 0 Å². The summed E-state index contributed by atoms with van der Waals surface area (Å²) in [4.78, 5) is 26.1. The molecule has 23 heavy (non-hydrogen) atoms. The van der Waals surface area contributed by atoms with Crippen LogP contribution >= 0.6 is 23.1 Å². The minimum Gasteiger partial charge on any atom is -0.464 e. The average molecular weight is 358 g/mol. The Bertz CT molecular complexity index is 538. The number of rotatable bonds is 7. The Morgan fingerprint density at radius 1 is 1.39 bits per heavy atom. The van der Waals surface area contributed by atoms with Crippen LogP contribution in [0.3, 0.4) is 0 Å². The SMILES string of the molecule is CCNc1nnc(SCC(=O)N2CCCC[C@H]2C(=O)OCC)s1. The maximum Gasteiger partial charge on any atom is 0.328 e. The topological polar surface area (TPSA) is 84.4 Å². The maximum absolute atomic E-state index is 12.5. The number of thioether (sulfide) groups is 1. The molecule has 1 aromatic rings. The largest absolute Gasteiger partial charge is 0.464 e. The Hall–Kier alpha value is -1.35. The molecule has 2 heterocycles. The highest BCUT2D eigenvalue weighted by Crippen LogP contribution is 2.27. The number of aromatic nitrogens is 2. The van der Waals surface area contributed by atoms with Crippen LogP contribution in [-0.4, -0.2) is 58.5 Å². The molecule has 0 saturated carbocycles. The lowest BCUT2D eigenvalue weighted by Gasteiger charge is -2.33. The Morgan fingerprint density at radius 3 is 2.96 bits per heavy atom. The monoisotopic (exact) mass is 358 g/mol. The summed E-state index contributed by atoms with van der Waals surface area (Å²) in [6.45, 7) is 5.50. The average Bonchev–Trinajstić information content (AvgIpc) is 3.01. The molecule has 0 aliphatic carbocycles. The molecule has 2 rings (SSSR count). The highest BCUT2D eigenvalue weighted by Gasteiger charge is 2.33. The second-order valence-corrected chi connectivity index (χ2v) is 7.24. The van der Waals surface area contributed by atoms with Crippen molar-refractivity contribution in [2.45, 2.75) is 43.5 Å². The van der Waals surface area contributed by atoms with E-state index < -0.39 is 6.04 Å². The van der Waals surface area contributed by atoms with Crippen molar-refractivity contribution in [3.8, 4) is 0 Å². The van der Waals surface area contributed by atoms with E-state index >= 15 is 0 Å². The van der Waals surface area contributed by atoms with Gasteiger partial charge in [0, 0.05) is 13.1 Å². The molecular formula is C14H22N4O3S2. The number of carbonyl (C=O) groups excluding carboxylic acids is 2.